The van der Waals surface area contributed by atoms with Crippen LogP contribution in [0.2, 0.25) is 0 Å². The molecule has 0 atom stereocenters. The third kappa shape index (κ3) is 6.31. The summed E-state index contributed by atoms with van der Waals surface area (Å²) in [7, 11) is 3.55. The van der Waals surface area contributed by atoms with Gasteiger partial charge in [-0.25, -0.2) is 0 Å². The van der Waals surface area contributed by atoms with E-state index in [4.69, 9.17) is 14.6 Å². The number of nitrogens with zero attached hydrogens (tertiary/aromatic N) is 4. The van der Waals surface area contributed by atoms with E-state index < -0.39 is 0 Å². The van der Waals surface area contributed by atoms with Crippen molar-refractivity contribution in [1.82, 2.24) is 19.6 Å². The van der Waals surface area contributed by atoms with Crippen LogP contribution < -0.4 is 4.74 Å². The SMILES string of the molecule is CCn1nc(C)c(CN(CCOC)CC2CCN(Cc3ccccc3OC)CC2)c1C. The minimum Gasteiger partial charge on any atom is -0.496 e. The number of benzene rings is 1. The molecule has 1 aliphatic rings. The maximum absolute atomic E-state index is 5.53. The number of hydrogen-bond donors (Lipinski definition) is 0. The lowest BCUT2D eigenvalue weighted by molar-refractivity contribution is 0.106. The summed E-state index contributed by atoms with van der Waals surface area (Å²) in [6, 6.07) is 8.37. The van der Waals surface area contributed by atoms with Crippen LogP contribution in [0.4, 0.5) is 0 Å². The fraction of sp³-hybridized carbons (Fsp3) is 0.640. The Morgan fingerprint density at radius 1 is 1.13 bits per heavy atom. The van der Waals surface area contributed by atoms with Crippen LogP contribution in [0.25, 0.3) is 0 Å². The van der Waals surface area contributed by atoms with E-state index >= 15 is 0 Å². The number of para-hydroxylation sites is 1. The number of methoxy groups -OCH3 is 2. The van der Waals surface area contributed by atoms with Gasteiger partial charge >= 0.3 is 0 Å². The zero-order valence-corrected chi connectivity index (χ0v) is 20.1. The summed E-state index contributed by atoms with van der Waals surface area (Å²) in [6.45, 7) is 14.5. The van der Waals surface area contributed by atoms with E-state index in [0.717, 1.165) is 69.8 Å². The molecule has 0 aliphatic carbocycles. The number of piperidine rings is 1. The van der Waals surface area contributed by atoms with Crippen molar-refractivity contribution in [3.8, 4) is 5.75 Å². The molecule has 1 fully saturated rings. The Morgan fingerprint density at radius 2 is 1.87 bits per heavy atom. The van der Waals surface area contributed by atoms with Gasteiger partial charge in [-0.3, -0.25) is 14.5 Å². The first kappa shape index (κ1) is 23.8. The fourth-order valence-electron chi connectivity index (χ4n) is 4.72. The van der Waals surface area contributed by atoms with E-state index in [9.17, 15) is 0 Å². The van der Waals surface area contributed by atoms with Gasteiger partial charge in [-0.2, -0.15) is 5.10 Å². The molecule has 0 bridgehead atoms. The molecule has 31 heavy (non-hydrogen) atoms. The predicted molar refractivity (Wildman–Crippen MR) is 126 cm³/mol. The van der Waals surface area contributed by atoms with Gasteiger partial charge in [0, 0.05) is 56.7 Å². The van der Waals surface area contributed by atoms with Crippen LogP contribution >= 0.6 is 0 Å². The molecule has 0 saturated carbocycles. The molecule has 0 N–H and O–H groups in total. The summed E-state index contributed by atoms with van der Waals surface area (Å²) in [5.41, 5.74) is 5.12. The summed E-state index contributed by atoms with van der Waals surface area (Å²) < 4.78 is 13.1. The normalized spacial score (nSPS) is 15.7. The molecule has 1 saturated heterocycles. The van der Waals surface area contributed by atoms with Crippen molar-refractivity contribution in [3.63, 3.8) is 0 Å². The van der Waals surface area contributed by atoms with E-state index in [1.807, 2.05) is 6.07 Å². The maximum Gasteiger partial charge on any atom is 0.123 e. The topological polar surface area (TPSA) is 42.8 Å². The predicted octanol–water partition coefficient (Wildman–Crippen LogP) is 3.89. The lowest BCUT2D eigenvalue weighted by Gasteiger charge is -2.35. The zero-order valence-electron chi connectivity index (χ0n) is 20.1. The molecule has 0 radical (unpaired) electrons. The molecule has 0 unspecified atom stereocenters. The highest BCUT2D eigenvalue weighted by atomic mass is 16.5. The number of ether oxygens (including phenoxy) is 2. The second-order valence-corrected chi connectivity index (χ2v) is 8.72. The Kier molecular flexibility index (Phi) is 8.93. The summed E-state index contributed by atoms with van der Waals surface area (Å²) in [6.07, 6.45) is 2.48. The number of aryl methyl sites for hydroxylation is 2. The van der Waals surface area contributed by atoms with Crippen LogP contribution in [-0.4, -0.2) is 66.6 Å². The van der Waals surface area contributed by atoms with Gasteiger partial charge in [0.1, 0.15) is 5.75 Å². The standard InChI is InChI=1S/C25H40N4O2/c1-6-29-21(3)24(20(2)26-29)19-28(15-16-30-4)17-22-11-13-27(14-12-22)18-23-9-7-8-10-25(23)31-5/h7-10,22H,6,11-19H2,1-5H3. The summed E-state index contributed by atoms with van der Waals surface area (Å²) in [5.74, 6) is 1.72. The molecule has 0 spiro atoms. The highest BCUT2D eigenvalue weighted by Crippen LogP contribution is 2.25. The van der Waals surface area contributed by atoms with Crippen molar-refractivity contribution in [2.45, 2.75) is 53.2 Å². The molecule has 2 aromatic rings. The summed E-state index contributed by atoms with van der Waals surface area (Å²) in [5, 5.41) is 4.71. The zero-order chi connectivity index (χ0) is 22.2. The van der Waals surface area contributed by atoms with E-state index in [0.29, 0.717) is 0 Å². The van der Waals surface area contributed by atoms with Gasteiger partial charge in [0.15, 0.2) is 0 Å². The van der Waals surface area contributed by atoms with Gasteiger partial charge in [0.2, 0.25) is 0 Å². The van der Waals surface area contributed by atoms with Crippen molar-refractivity contribution in [1.29, 1.82) is 0 Å². The minimum atomic E-state index is 0.729. The van der Waals surface area contributed by atoms with Crippen LogP contribution in [0.1, 0.15) is 42.3 Å². The summed E-state index contributed by atoms with van der Waals surface area (Å²) in [4.78, 5) is 5.13. The summed E-state index contributed by atoms with van der Waals surface area (Å²) >= 11 is 0. The van der Waals surface area contributed by atoms with Crippen LogP contribution in [0.5, 0.6) is 5.75 Å². The molecular weight excluding hydrogens is 388 g/mol. The van der Waals surface area contributed by atoms with Crippen LogP contribution in [0, 0.1) is 19.8 Å². The molecule has 2 heterocycles. The molecule has 1 aliphatic heterocycles. The van der Waals surface area contributed by atoms with Crippen molar-refractivity contribution in [2.24, 2.45) is 5.92 Å². The van der Waals surface area contributed by atoms with Crippen molar-refractivity contribution >= 4 is 0 Å². The highest BCUT2D eigenvalue weighted by molar-refractivity contribution is 5.33. The van der Waals surface area contributed by atoms with Gasteiger partial charge in [-0.1, -0.05) is 18.2 Å². The Labute approximate surface area is 188 Å². The Balaban J connectivity index is 1.56. The molecular formula is C25H40N4O2. The number of aromatic nitrogens is 2. The van der Waals surface area contributed by atoms with Crippen molar-refractivity contribution < 1.29 is 9.47 Å². The average Bonchev–Trinajstić information content (AvgIpc) is 3.06. The van der Waals surface area contributed by atoms with Gasteiger partial charge in [0.25, 0.3) is 0 Å². The Hall–Kier alpha value is -1.89. The van der Waals surface area contributed by atoms with Crippen molar-refractivity contribution in [2.75, 3.05) is 47.0 Å². The van der Waals surface area contributed by atoms with Crippen LogP contribution in [0.15, 0.2) is 24.3 Å². The van der Waals surface area contributed by atoms with E-state index in [1.165, 1.54) is 29.7 Å². The lowest BCUT2D eigenvalue weighted by atomic mass is 9.95. The molecule has 0 amide bonds. The first-order chi connectivity index (χ1) is 15.0. The van der Waals surface area contributed by atoms with E-state index in [1.54, 1.807) is 14.2 Å². The monoisotopic (exact) mass is 428 g/mol. The average molecular weight is 429 g/mol. The number of likely N-dealkylation sites (tertiary alicyclic amines) is 1. The van der Waals surface area contributed by atoms with Crippen LogP contribution in [0.3, 0.4) is 0 Å². The second kappa shape index (κ2) is 11.7. The van der Waals surface area contributed by atoms with Crippen LogP contribution in [-0.2, 0) is 24.4 Å². The third-order valence-corrected chi connectivity index (χ3v) is 6.63. The number of hydrogen-bond acceptors (Lipinski definition) is 5. The first-order valence-corrected chi connectivity index (χ1v) is 11.6. The number of rotatable bonds is 11. The molecule has 172 valence electrons. The van der Waals surface area contributed by atoms with E-state index in [2.05, 4.69) is 53.5 Å². The molecule has 3 rings (SSSR count). The Bertz CT molecular complexity index is 812. The van der Waals surface area contributed by atoms with Gasteiger partial charge in [-0.05, 0) is 58.7 Å². The maximum atomic E-state index is 5.53. The van der Waals surface area contributed by atoms with Gasteiger partial charge in [-0.15, -0.1) is 0 Å². The third-order valence-electron chi connectivity index (χ3n) is 6.63. The van der Waals surface area contributed by atoms with E-state index in [-0.39, 0.29) is 0 Å². The van der Waals surface area contributed by atoms with Crippen molar-refractivity contribution in [3.05, 3.63) is 46.8 Å². The lowest BCUT2D eigenvalue weighted by Crippen LogP contribution is -2.39. The largest absolute Gasteiger partial charge is 0.496 e. The second-order valence-electron chi connectivity index (χ2n) is 8.72. The first-order valence-electron chi connectivity index (χ1n) is 11.6. The molecule has 6 heteroatoms. The fourth-order valence-corrected chi connectivity index (χ4v) is 4.72. The Morgan fingerprint density at radius 3 is 2.52 bits per heavy atom. The van der Waals surface area contributed by atoms with Gasteiger partial charge in [0.05, 0.1) is 19.4 Å². The molecule has 6 nitrogen and oxygen atoms in total. The molecule has 1 aromatic heterocycles. The quantitative estimate of drug-likeness (QED) is 0.543. The molecule has 1 aromatic carbocycles. The highest BCUT2D eigenvalue weighted by Gasteiger charge is 2.23. The minimum absolute atomic E-state index is 0.729. The smallest absolute Gasteiger partial charge is 0.123 e. The van der Waals surface area contributed by atoms with Gasteiger partial charge < -0.3 is 9.47 Å².